The van der Waals surface area contributed by atoms with Crippen molar-refractivity contribution in [1.29, 1.82) is 0 Å². The number of ketones is 1. The quantitative estimate of drug-likeness (QED) is 0.155. The second-order valence-electron chi connectivity index (χ2n) is 9.37. The highest BCUT2D eigenvalue weighted by Gasteiger charge is 2.47. The Morgan fingerprint density at radius 2 is 1.57 bits per heavy atom. The van der Waals surface area contributed by atoms with Crippen LogP contribution in [0.2, 0.25) is 0 Å². The van der Waals surface area contributed by atoms with Crippen molar-refractivity contribution in [3.63, 3.8) is 0 Å². The molecule has 37 heavy (non-hydrogen) atoms. The molecule has 1 atom stereocenters. The molecule has 7 nitrogen and oxygen atoms in total. The molecular formula is C30H29NO6. The zero-order valence-electron chi connectivity index (χ0n) is 21.4. The van der Waals surface area contributed by atoms with Gasteiger partial charge in [-0.3, -0.25) is 19.3 Å². The molecule has 1 heterocycles. The van der Waals surface area contributed by atoms with Gasteiger partial charge in [-0.1, -0.05) is 18.2 Å². The van der Waals surface area contributed by atoms with Crippen LogP contribution in [-0.4, -0.2) is 28.9 Å². The van der Waals surface area contributed by atoms with E-state index in [-0.39, 0.29) is 23.2 Å². The number of hydrogen-bond donors (Lipinski definition) is 1. The van der Waals surface area contributed by atoms with Gasteiger partial charge in [-0.2, -0.15) is 0 Å². The standard InChI is InChI=1S/C30H29NO6/c1-17(2)36-24-11-9-21(10-12-24)28(33)26-27(22-7-6-8-25(16-22)37-20(5)32)31(30(35)29(26)34)23-14-18(3)13-19(4)15-23/h6-17,27,33H,1-5H3/b28-26+. The fraction of sp³-hybridized carbons (Fsp3) is 0.233. The summed E-state index contributed by atoms with van der Waals surface area (Å²) in [7, 11) is 0. The molecule has 0 spiro atoms. The van der Waals surface area contributed by atoms with Crippen LogP contribution in [0.15, 0.2) is 72.3 Å². The highest BCUT2D eigenvalue weighted by Crippen LogP contribution is 2.43. The van der Waals surface area contributed by atoms with Crippen molar-refractivity contribution in [3.05, 3.63) is 94.6 Å². The zero-order valence-corrected chi connectivity index (χ0v) is 21.4. The van der Waals surface area contributed by atoms with Crippen LogP contribution in [0.3, 0.4) is 0 Å². The maximum Gasteiger partial charge on any atom is 0.308 e. The first-order chi connectivity index (χ1) is 17.5. The Labute approximate surface area is 215 Å². The summed E-state index contributed by atoms with van der Waals surface area (Å²) in [6.45, 7) is 8.92. The minimum Gasteiger partial charge on any atom is -0.507 e. The van der Waals surface area contributed by atoms with Gasteiger partial charge in [0.15, 0.2) is 0 Å². The van der Waals surface area contributed by atoms with Gasteiger partial charge in [0.25, 0.3) is 11.7 Å². The molecule has 1 amide bonds. The smallest absolute Gasteiger partial charge is 0.308 e. The number of ether oxygens (including phenoxy) is 2. The van der Waals surface area contributed by atoms with Gasteiger partial charge in [-0.25, -0.2) is 0 Å². The highest BCUT2D eigenvalue weighted by molar-refractivity contribution is 6.51. The summed E-state index contributed by atoms with van der Waals surface area (Å²) in [5.74, 6) is -1.47. The van der Waals surface area contributed by atoms with Crippen molar-refractivity contribution < 1.29 is 29.0 Å². The summed E-state index contributed by atoms with van der Waals surface area (Å²) in [5.41, 5.74) is 3.20. The first-order valence-electron chi connectivity index (χ1n) is 12.0. The lowest BCUT2D eigenvalue weighted by atomic mass is 9.94. The van der Waals surface area contributed by atoms with Crippen molar-refractivity contribution in [2.24, 2.45) is 0 Å². The summed E-state index contributed by atoms with van der Waals surface area (Å²) in [6.07, 6.45) is -0.0212. The molecule has 0 bridgehead atoms. The molecule has 1 unspecified atom stereocenters. The topological polar surface area (TPSA) is 93.1 Å². The molecule has 7 heteroatoms. The van der Waals surface area contributed by atoms with E-state index in [9.17, 15) is 19.5 Å². The molecule has 1 aliphatic rings. The predicted octanol–water partition coefficient (Wildman–Crippen LogP) is 5.64. The summed E-state index contributed by atoms with van der Waals surface area (Å²) < 4.78 is 10.9. The Bertz CT molecular complexity index is 1380. The van der Waals surface area contributed by atoms with E-state index in [1.54, 1.807) is 48.5 Å². The summed E-state index contributed by atoms with van der Waals surface area (Å²) in [5, 5.41) is 11.4. The van der Waals surface area contributed by atoms with Crippen molar-refractivity contribution in [3.8, 4) is 11.5 Å². The monoisotopic (exact) mass is 499 g/mol. The molecule has 3 aromatic carbocycles. The van der Waals surface area contributed by atoms with Gasteiger partial charge >= 0.3 is 5.97 Å². The largest absolute Gasteiger partial charge is 0.507 e. The molecule has 1 N–H and O–H groups in total. The van der Waals surface area contributed by atoms with Crippen LogP contribution >= 0.6 is 0 Å². The van der Waals surface area contributed by atoms with Crippen LogP contribution in [0.1, 0.15) is 49.1 Å². The maximum absolute atomic E-state index is 13.4. The number of Topliss-reactive ketones (excluding diaryl/α,β-unsaturated/α-hetero) is 1. The van der Waals surface area contributed by atoms with E-state index < -0.39 is 23.7 Å². The number of anilines is 1. The molecule has 190 valence electrons. The average molecular weight is 500 g/mol. The van der Waals surface area contributed by atoms with E-state index in [2.05, 4.69) is 0 Å². The molecule has 0 aromatic heterocycles. The molecule has 4 rings (SSSR count). The second kappa shape index (κ2) is 10.3. The fourth-order valence-corrected chi connectivity index (χ4v) is 4.54. The first-order valence-corrected chi connectivity index (χ1v) is 12.0. The Kier molecular flexibility index (Phi) is 7.16. The molecule has 0 aliphatic carbocycles. The van der Waals surface area contributed by atoms with Crippen LogP contribution in [0.4, 0.5) is 5.69 Å². The van der Waals surface area contributed by atoms with Gasteiger partial charge in [0, 0.05) is 18.2 Å². The van der Waals surface area contributed by atoms with Crippen LogP contribution in [0, 0.1) is 13.8 Å². The van der Waals surface area contributed by atoms with Gasteiger partial charge in [0.1, 0.15) is 17.3 Å². The number of aliphatic hydroxyl groups excluding tert-OH is 1. The second-order valence-corrected chi connectivity index (χ2v) is 9.37. The summed E-state index contributed by atoms with van der Waals surface area (Å²) in [4.78, 5) is 39.8. The van der Waals surface area contributed by atoms with Gasteiger partial charge in [-0.05, 0) is 92.9 Å². The number of aliphatic hydroxyl groups is 1. The number of carbonyl (C=O) groups excluding carboxylic acids is 3. The van der Waals surface area contributed by atoms with Gasteiger partial charge < -0.3 is 14.6 Å². The molecule has 1 saturated heterocycles. The third-order valence-electron chi connectivity index (χ3n) is 5.86. The fourth-order valence-electron chi connectivity index (χ4n) is 4.54. The SMILES string of the molecule is CC(=O)Oc1cccc(C2/C(=C(\O)c3ccc(OC(C)C)cc3)C(=O)C(=O)N2c2cc(C)cc(C)c2)c1. The van der Waals surface area contributed by atoms with E-state index >= 15 is 0 Å². The van der Waals surface area contributed by atoms with Crippen LogP contribution in [0.5, 0.6) is 11.5 Å². The van der Waals surface area contributed by atoms with E-state index in [4.69, 9.17) is 9.47 Å². The van der Waals surface area contributed by atoms with E-state index in [0.29, 0.717) is 22.6 Å². The predicted molar refractivity (Wildman–Crippen MR) is 141 cm³/mol. The van der Waals surface area contributed by atoms with Crippen molar-refractivity contribution in [2.75, 3.05) is 4.90 Å². The summed E-state index contributed by atoms with van der Waals surface area (Å²) in [6, 6.07) is 18.0. The maximum atomic E-state index is 13.4. The van der Waals surface area contributed by atoms with E-state index in [1.807, 2.05) is 45.9 Å². The van der Waals surface area contributed by atoms with Crippen LogP contribution < -0.4 is 14.4 Å². The van der Waals surface area contributed by atoms with Gasteiger partial charge in [0.05, 0.1) is 17.7 Å². The normalized spacial score (nSPS) is 16.8. The number of esters is 1. The molecule has 3 aromatic rings. The Balaban J connectivity index is 1.90. The molecule has 1 aliphatic heterocycles. The number of rotatable bonds is 6. The van der Waals surface area contributed by atoms with Crippen LogP contribution in [0.25, 0.3) is 5.76 Å². The van der Waals surface area contributed by atoms with E-state index in [1.165, 1.54) is 11.8 Å². The number of aryl methyl sites for hydroxylation is 2. The molecular weight excluding hydrogens is 470 g/mol. The lowest BCUT2D eigenvalue weighted by molar-refractivity contribution is -0.132. The number of hydrogen-bond acceptors (Lipinski definition) is 6. The first kappa shape index (κ1) is 25.7. The van der Waals surface area contributed by atoms with E-state index in [0.717, 1.165) is 11.1 Å². The molecule has 0 saturated carbocycles. The van der Waals surface area contributed by atoms with Gasteiger partial charge in [0.2, 0.25) is 0 Å². The lowest BCUT2D eigenvalue weighted by Crippen LogP contribution is -2.29. The lowest BCUT2D eigenvalue weighted by Gasteiger charge is -2.26. The van der Waals surface area contributed by atoms with Crippen molar-refractivity contribution >= 4 is 29.1 Å². The highest BCUT2D eigenvalue weighted by atomic mass is 16.5. The van der Waals surface area contributed by atoms with Gasteiger partial charge in [-0.15, -0.1) is 0 Å². The number of amides is 1. The average Bonchev–Trinajstić information content (AvgIpc) is 3.08. The molecule has 0 radical (unpaired) electrons. The number of nitrogens with zero attached hydrogens (tertiary/aromatic N) is 1. The third-order valence-corrected chi connectivity index (χ3v) is 5.86. The minimum atomic E-state index is -0.941. The number of carbonyl (C=O) groups is 3. The Morgan fingerprint density at radius 1 is 0.919 bits per heavy atom. The Hall–Kier alpha value is -4.39. The minimum absolute atomic E-state index is 0.0212. The van der Waals surface area contributed by atoms with Crippen molar-refractivity contribution in [1.82, 2.24) is 0 Å². The van der Waals surface area contributed by atoms with Crippen LogP contribution in [-0.2, 0) is 14.4 Å². The molecule has 1 fully saturated rings. The van der Waals surface area contributed by atoms with Crippen molar-refractivity contribution in [2.45, 2.75) is 46.8 Å². The Morgan fingerprint density at radius 3 is 2.16 bits per heavy atom. The summed E-state index contributed by atoms with van der Waals surface area (Å²) >= 11 is 0. The number of benzene rings is 3. The zero-order chi connectivity index (χ0) is 26.9. The third kappa shape index (κ3) is 5.40.